The minimum atomic E-state index is -0.309. The Morgan fingerprint density at radius 1 is 1.07 bits per heavy atom. The Hall–Kier alpha value is -2.74. The highest BCUT2D eigenvalue weighted by atomic mass is 16.5. The molecule has 2 amide bonds. The number of nitrogens with zero attached hydrogens (tertiary/aromatic N) is 2. The Bertz CT molecular complexity index is 718. The van der Waals surface area contributed by atoms with Gasteiger partial charge in [-0.3, -0.25) is 15.0 Å². The highest BCUT2D eigenvalue weighted by Crippen LogP contribution is 2.38. The normalized spacial score (nSPS) is 14.1. The first kappa shape index (κ1) is 21.6. The van der Waals surface area contributed by atoms with Gasteiger partial charge in [-0.05, 0) is 32.4 Å². The van der Waals surface area contributed by atoms with E-state index in [9.17, 15) is 9.59 Å². The highest BCUT2D eigenvalue weighted by Gasteiger charge is 2.24. The van der Waals surface area contributed by atoms with Crippen molar-refractivity contribution in [3.05, 3.63) is 29.3 Å². The molecule has 0 aromatic heterocycles. The molecule has 1 aliphatic heterocycles. The van der Waals surface area contributed by atoms with Crippen LogP contribution in [-0.2, 0) is 4.79 Å². The minimum Gasteiger partial charge on any atom is -0.493 e. The van der Waals surface area contributed by atoms with Gasteiger partial charge in [0.15, 0.2) is 11.5 Å². The fourth-order valence-electron chi connectivity index (χ4n) is 3.13. The third kappa shape index (κ3) is 4.75. The molecule has 0 atom stereocenters. The largest absolute Gasteiger partial charge is 0.493 e. The molecule has 0 unspecified atom stereocenters. The molecular weight excluding hydrogens is 362 g/mol. The number of hydrazine groups is 1. The number of methoxy groups -OCH3 is 3. The minimum absolute atomic E-state index is 0.0109. The monoisotopic (exact) mass is 391 g/mol. The van der Waals surface area contributed by atoms with Crippen molar-refractivity contribution in [2.45, 2.75) is 20.3 Å². The Balaban J connectivity index is 2.13. The first-order valence-electron chi connectivity index (χ1n) is 9.33. The van der Waals surface area contributed by atoms with Crippen LogP contribution in [0.1, 0.15) is 30.6 Å². The maximum absolute atomic E-state index is 12.8. The number of benzene rings is 1. The molecule has 0 bridgehead atoms. The van der Waals surface area contributed by atoms with Gasteiger partial charge in [0.1, 0.15) is 0 Å². The molecule has 0 fully saturated rings. The summed E-state index contributed by atoms with van der Waals surface area (Å²) in [4.78, 5) is 27.1. The van der Waals surface area contributed by atoms with E-state index in [2.05, 4.69) is 5.43 Å². The number of carbonyl (C=O) groups is 2. The lowest BCUT2D eigenvalue weighted by atomic mass is 10.1. The Labute approximate surface area is 166 Å². The molecule has 1 aliphatic rings. The predicted molar refractivity (Wildman–Crippen MR) is 106 cm³/mol. The summed E-state index contributed by atoms with van der Waals surface area (Å²) >= 11 is 0. The van der Waals surface area contributed by atoms with Gasteiger partial charge in [0.25, 0.3) is 11.8 Å². The van der Waals surface area contributed by atoms with Crippen molar-refractivity contribution in [3.8, 4) is 17.2 Å². The first-order valence-corrected chi connectivity index (χ1v) is 9.33. The van der Waals surface area contributed by atoms with Crippen molar-refractivity contribution in [1.29, 1.82) is 0 Å². The van der Waals surface area contributed by atoms with Gasteiger partial charge in [-0.25, -0.2) is 5.01 Å². The van der Waals surface area contributed by atoms with E-state index >= 15 is 0 Å². The van der Waals surface area contributed by atoms with Crippen LogP contribution in [0, 0.1) is 0 Å². The molecular formula is C20H29N3O5. The number of nitrogens with one attached hydrogen (secondary N) is 1. The molecule has 0 aliphatic carbocycles. The molecule has 1 heterocycles. The Morgan fingerprint density at radius 2 is 1.68 bits per heavy atom. The van der Waals surface area contributed by atoms with Gasteiger partial charge in [-0.1, -0.05) is 6.08 Å². The van der Waals surface area contributed by atoms with E-state index in [4.69, 9.17) is 14.2 Å². The van der Waals surface area contributed by atoms with E-state index < -0.39 is 0 Å². The molecule has 0 saturated heterocycles. The summed E-state index contributed by atoms with van der Waals surface area (Å²) in [6.07, 6.45) is 2.64. The van der Waals surface area contributed by atoms with Gasteiger partial charge in [0.2, 0.25) is 5.75 Å². The van der Waals surface area contributed by atoms with Crippen molar-refractivity contribution in [1.82, 2.24) is 15.3 Å². The van der Waals surface area contributed by atoms with E-state index in [1.165, 1.54) is 21.3 Å². The number of carbonyl (C=O) groups excluding carboxylic acids is 2. The second-order valence-electron chi connectivity index (χ2n) is 6.27. The smallest absolute Gasteiger partial charge is 0.265 e. The quantitative estimate of drug-likeness (QED) is 0.729. The van der Waals surface area contributed by atoms with Crippen LogP contribution in [0.4, 0.5) is 0 Å². The molecule has 0 radical (unpaired) electrons. The molecule has 2 rings (SSSR count). The molecule has 1 aromatic carbocycles. The average molecular weight is 391 g/mol. The number of likely N-dealkylation sites (N-methyl/N-ethyl adjacent to an activating group) is 1. The second kappa shape index (κ2) is 9.98. The average Bonchev–Trinajstić information content (AvgIpc) is 2.73. The van der Waals surface area contributed by atoms with E-state index in [0.717, 1.165) is 0 Å². The lowest BCUT2D eigenvalue weighted by Crippen LogP contribution is -2.47. The van der Waals surface area contributed by atoms with Gasteiger partial charge in [0.05, 0.1) is 21.3 Å². The molecule has 8 heteroatoms. The van der Waals surface area contributed by atoms with Crippen LogP contribution in [0.2, 0.25) is 0 Å². The standard InChI is InChI=1S/C20H29N3O5/c1-6-22(7-2)20(25)14-9-8-10-23(13-14)21-19(24)15-11-16(26-3)18(28-5)17(12-15)27-4/h9,11-12H,6-8,10,13H2,1-5H3,(H,21,24). The maximum atomic E-state index is 12.8. The van der Waals surface area contributed by atoms with E-state index in [-0.39, 0.29) is 11.8 Å². The van der Waals surface area contributed by atoms with Gasteiger partial charge in [-0.2, -0.15) is 0 Å². The van der Waals surface area contributed by atoms with Crippen LogP contribution in [0.25, 0.3) is 0 Å². The number of hydrogen-bond acceptors (Lipinski definition) is 6. The Morgan fingerprint density at radius 3 is 2.18 bits per heavy atom. The molecule has 154 valence electrons. The predicted octanol–water partition coefficient (Wildman–Crippen LogP) is 1.86. The highest BCUT2D eigenvalue weighted by molar-refractivity contribution is 5.96. The lowest BCUT2D eigenvalue weighted by Gasteiger charge is -2.29. The van der Waals surface area contributed by atoms with Gasteiger partial charge in [-0.15, -0.1) is 0 Å². The van der Waals surface area contributed by atoms with Crippen LogP contribution in [0.5, 0.6) is 17.2 Å². The summed E-state index contributed by atoms with van der Waals surface area (Å²) < 4.78 is 15.9. The summed E-state index contributed by atoms with van der Waals surface area (Å²) in [6.45, 7) is 6.22. The molecule has 0 spiro atoms. The van der Waals surface area contributed by atoms with Gasteiger partial charge >= 0.3 is 0 Å². The fraction of sp³-hybridized carbons (Fsp3) is 0.500. The van der Waals surface area contributed by atoms with E-state index in [1.54, 1.807) is 22.0 Å². The van der Waals surface area contributed by atoms with Gasteiger partial charge in [0, 0.05) is 37.3 Å². The molecule has 1 N–H and O–H groups in total. The van der Waals surface area contributed by atoms with Crippen molar-refractivity contribution < 1.29 is 23.8 Å². The number of amides is 2. The SMILES string of the molecule is CCN(CC)C(=O)C1=CCCN(NC(=O)c2cc(OC)c(OC)c(OC)c2)C1. The first-order chi connectivity index (χ1) is 13.5. The molecule has 8 nitrogen and oxygen atoms in total. The topological polar surface area (TPSA) is 80.3 Å². The zero-order chi connectivity index (χ0) is 20.7. The van der Waals surface area contributed by atoms with Crippen molar-refractivity contribution in [3.63, 3.8) is 0 Å². The van der Waals surface area contributed by atoms with Crippen LogP contribution >= 0.6 is 0 Å². The van der Waals surface area contributed by atoms with E-state index in [0.29, 0.717) is 61.0 Å². The van der Waals surface area contributed by atoms with Crippen molar-refractivity contribution in [2.24, 2.45) is 0 Å². The summed E-state index contributed by atoms with van der Waals surface area (Å²) in [5, 5.41) is 1.75. The third-order valence-electron chi connectivity index (χ3n) is 4.66. The molecule has 0 saturated carbocycles. The number of ether oxygens (including phenoxy) is 3. The van der Waals surface area contributed by atoms with Crippen LogP contribution in [-0.4, -0.2) is 69.2 Å². The fourth-order valence-corrected chi connectivity index (χ4v) is 3.13. The third-order valence-corrected chi connectivity index (χ3v) is 4.66. The van der Waals surface area contributed by atoms with Gasteiger partial charge < -0.3 is 19.1 Å². The van der Waals surface area contributed by atoms with E-state index in [1.807, 2.05) is 19.9 Å². The molecule has 1 aromatic rings. The van der Waals surface area contributed by atoms with Crippen molar-refractivity contribution in [2.75, 3.05) is 47.5 Å². The molecule has 28 heavy (non-hydrogen) atoms. The summed E-state index contributed by atoms with van der Waals surface area (Å²) in [5.74, 6) is 0.938. The number of hydrogen-bond donors (Lipinski definition) is 1. The number of rotatable bonds is 8. The van der Waals surface area contributed by atoms with Crippen molar-refractivity contribution >= 4 is 11.8 Å². The zero-order valence-corrected chi connectivity index (χ0v) is 17.2. The Kier molecular flexibility index (Phi) is 7.69. The van der Waals surface area contributed by atoms with Crippen LogP contribution in [0.15, 0.2) is 23.8 Å². The summed E-state index contributed by atoms with van der Waals surface area (Å²) in [7, 11) is 4.51. The summed E-state index contributed by atoms with van der Waals surface area (Å²) in [6, 6.07) is 3.19. The zero-order valence-electron chi connectivity index (χ0n) is 17.2. The lowest BCUT2D eigenvalue weighted by molar-refractivity contribution is -0.127. The van der Waals surface area contributed by atoms with Crippen LogP contribution in [0.3, 0.4) is 0 Å². The van der Waals surface area contributed by atoms with Crippen LogP contribution < -0.4 is 19.6 Å². The maximum Gasteiger partial charge on any atom is 0.265 e. The summed E-state index contributed by atoms with van der Waals surface area (Å²) in [5.41, 5.74) is 3.94. The second-order valence-corrected chi connectivity index (χ2v) is 6.27.